The Bertz CT molecular complexity index is 1010. The van der Waals surface area contributed by atoms with Gasteiger partial charge in [0.05, 0.1) is 0 Å². The normalized spacial score (nSPS) is 25.2. The average molecular weight is 480 g/mol. The first-order valence-electron chi connectivity index (χ1n) is 11.3. The molecule has 3 saturated carbocycles. The molecule has 8 nitrogen and oxygen atoms in total. The number of aromatic nitrogens is 4. The van der Waals surface area contributed by atoms with Gasteiger partial charge in [-0.15, -0.1) is 0 Å². The van der Waals surface area contributed by atoms with Crippen LogP contribution in [0.3, 0.4) is 0 Å². The maximum absolute atomic E-state index is 14.3. The third-order valence-corrected chi connectivity index (χ3v) is 6.99. The number of nitrogens with zero attached hydrogens (tertiary/aromatic N) is 5. The van der Waals surface area contributed by atoms with E-state index in [2.05, 4.69) is 20.1 Å². The SMILES string of the molecule is CC(C)(C)OC(=O)N(CC12CCC(c3noc(C(C)(C)F)n3)(CC1)CC2)c1ccnc(Cl)n1. The Kier molecular flexibility index (Phi) is 5.91. The fourth-order valence-electron chi connectivity index (χ4n) is 4.88. The Balaban J connectivity index is 1.54. The van der Waals surface area contributed by atoms with Crippen LogP contribution in [-0.4, -0.2) is 38.3 Å². The standard InChI is InChI=1S/C23H31ClFN5O3/c1-20(2,3)32-19(31)30(15-6-13-26-18(24)27-15)14-22-7-10-23(11-8-22,12-9-22)16-28-17(33-29-16)21(4,5)25/h6,13H,7-12,14H2,1-5H3. The summed E-state index contributed by atoms with van der Waals surface area (Å²) in [6, 6.07) is 1.67. The Hall–Kier alpha value is -2.29. The van der Waals surface area contributed by atoms with Crippen LogP contribution in [-0.2, 0) is 15.8 Å². The van der Waals surface area contributed by atoms with E-state index in [1.807, 2.05) is 20.8 Å². The summed E-state index contributed by atoms with van der Waals surface area (Å²) in [7, 11) is 0. The zero-order valence-corrected chi connectivity index (χ0v) is 20.6. The second kappa shape index (κ2) is 8.18. The maximum Gasteiger partial charge on any atom is 0.416 e. The summed E-state index contributed by atoms with van der Waals surface area (Å²) in [5, 5.41) is 4.22. The number of amides is 1. The molecular weight excluding hydrogens is 449 g/mol. The van der Waals surface area contributed by atoms with E-state index in [9.17, 15) is 9.18 Å². The lowest BCUT2D eigenvalue weighted by Crippen LogP contribution is -2.51. The molecule has 3 aliphatic rings. The number of ether oxygens (including phenoxy) is 1. The number of anilines is 1. The predicted octanol–water partition coefficient (Wildman–Crippen LogP) is 5.75. The number of carbonyl (C=O) groups is 1. The first kappa shape index (κ1) is 23.9. The molecule has 2 bridgehead atoms. The third-order valence-electron chi connectivity index (χ3n) is 6.81. The van der Waals surface area contributed by atoms with Crippen molar-refractivity contribution in [1.29, 1.82) is 0 Å². The van der Waals surface area contributed by atoms with Crippen LogP contribution in [0.25, 0.3) is 0 Å². The predicted molar refractivity (Wildman–Crippen MR) is 121 cm³/mol. The van der Waals surface area contributed by atoms with E-state index in [0.29, 0.717) is 18.2 Å². The van der Waals surface area contributed by atoms with Gasteiger partial charge in [-0.1, -0.05) is 5.16 Å². The van der Waals surface area contributed by atoms with Crippen molar-refractivity contribution in [2.75, 3.05) is 11.4 Å². The molecule has 2 aromatic rings. The van der Waals surface area contributed by atoms with Crippen LogP contribution in [0.4, 0.5) is 15.0 Å². The van der Waals surface area contributed by atoms with Crippen molar-refractivity contribution in [2.45, 2.75) is 89.8 Å². The van der Waals surface area contributed by atoms with Crippen LogP contribution in [0.5, 0.6) is 0 Å². The number of rotatable bonds is 5. The van der Waals surface area contributed by atoms with Gasteiger partial charge < -0.3 is 9.26 Å². The monoisotopic (exact) mass is 479 g/mol. The minimum atomic E-state index is -1.66. The molecule has 0 saturated heterocycles. The van der Waals surface area contributed by atoms with E-state index >= 15 is 0 Å². The maximum atomic E-state index is 14.3. The van der Waals surface area contributed by atoms with Crippen LogP contribution in [0.2, 0.25) is 5.28 Å². The van der Waals surface area contributed by atoms with Gasteiger partial charge in [-0.3, -0.25) is 4.90 Å². The molecule has 5 rings (SSSR count). The lowest BCUT2D eigenvalue weighted by Gasteiger charge is -2.53. The summed E-state index contributed by atoms with van der Waals surface area (Å²) in [4.78, 5) is 27.3. The summed E-state index contributed by atoms with van der Waals surface area (Å²) in [6.45, 7) is 8.81. The molecule has 180 valence electrons. The molecule has 10 heteroatoms. The van der Waals surface area contributed by atoms with Crippen LogP contribution < -0.4 is 4.90 Å². The molecule has 1 amide bonds. The van der Waals surface area contributed by atoms with Crippen LogP contribution in [0, 0.1) is 5.41 Å². The van der Waals surface area contributed by atoms with Crippen molar-refractivity contribution in [3.63, 3.8) is 0 Å². The molecule has 0 N–H and O–H groups in total. The van der Waals surface area contributed by atoms with Crippen molar-refractivity contribution < 1.29 is 18.4 Å². The number of carbonyl (C=O) groups excluding carboxylic acids is 1. The van der Waals surface area contributed by atoms with Gasteiger partial charge in [-0.2, -0.15) is 4.98 Å². The first-order chi connectivity index (χ1) is 15.3. The van der Waals surface area contributed by atoms with Crippen LogP contribution >= 0.6 is 11.6 Å². The second-order valence-corrected chi connectivity index (χ2v) is 11.3. The van der Waals surface area contributed by atoms with Crippen LogP contribution in [0.15, 0.2) is 16.8 Å². The largest absolute Gasteiger partial charge is 0.443 e. The molecule has 0 spiro atoms. The number of hydrogen-bond acceptors (Lipinski definition) is 7. The first-order valence-corrected chi connectivity index (χ1v) is 11.7. The van der Waals surface area contributed by atoms with Gasteiger partial charge in [0.1, 0.15) is 11.4 Å². The molecule has 3 aliphatic carbocycles. The molecule has 0 atom stereocenters. The molecule has 0 aliphatic heterocycles. The zero-order chi connectivity index (χ0) is 24.1. The van der Waals surface area contributed by atoms with E-state index in [-0.39, 0.29) is 22.0 Å². The molecule has 3 fully saturated rings. The van der Waals surface area contributed by atoms with E-state index in [0.717, 1.165) is 38.5 Å². The average Bonchev–Trinajstić information content (AvgIpc) is 3.24. The molecule has 2 heterocycles. The number of hydrogen-bond donors (Lipinski definition) is 0. The Morgan fingerprint density at radius 3 is 2.30 bits per heavy atom. The molecular formula is C23H31ClFN5O3. The van der Waals surface area contributed by atoms with Crippen molar-refractivity contribution in [2.24, 2.45) is 5.41 Å². The Morgan fingerprint density at radius 2 is 1.79 bits per heavy atom. The molecule has 33 heavy (non-hydrogen) atoms. The van der Waals surface area contributed by atoms with Crippen molar-refractivity contribution >= 4 is 23.5 Å². The lowest BCUT2D eigenvalue weighted by atomic mass is 9.53. The highest BCUT2D eigenvalue weighted by Crippen LogP contribution is 2.57. The fourth-order valence-corrected chi connectivity index (χ4v) is 5.03. The van der Waals surface area contributed by atoms with E-state index < -0.39 is 17.4 Å². The zero-order valence-electron chi connectivity index (χ0n) is 19.8. The van der Waals surface area contributed by atoms with Gasteiger partial charge in [-0.25, -0.2) is 19.2 Å². The Labute approximate surface area is 198 Å². The number of halogens is 2. The van der Waals surface area contributed by atoms with Crippen molar-refractivity contribution in [3.8, 4) is 0 Å². The van der Waals surface area contributed by atoms with E-state index in [4.69, 9.17) is 20.9 Å². The third kappa shape index (κ3) is 4.98. The van der Waals surface area contributed by atoms with Crippen molar-refractivity contribution in [3.05, 3.63) is 29.3 Å². The summed E-state index contributed by atoms with van der Waals surface area (Å²) in [5.41, 5.74) is -2.59. The molecule has 0 radical (unpaired) electrons. The van der Waals surface area contributed by atoms with E-state index in [1.165, 1.54) is 20.0 Å². The van der Waals surface area contributed by atoms with Gasteiger partial charge in [0, 0.05) is 18.2 Å². The highest BCUT2D eigenvalue weighted by atomic mass is 35.5. The van der Waals surface area contributed by atoms with Gasteiger partial charge >= 0.3 is 6.09 Å². The van der Waals surface area contributed by atoms with Gasteiger partial charge in [-0.05, 0) is 96.2 Å². The molecule has 2 aromatic heterocycles. The number of fused-ring (bicyclic) bond motifs is 3. The van der Waals surface area contributed by atoms with Crippen LogP contribution in [0.1, 0.15) is 84.9 Å². The smallest absolute Gasteiger partial charge is 0.416 e. The minimum absolute atomic E-state index is 0.0195. The lowest BCUT2D eigenvalue weighted by molar-refractivity contribution is 0.0304. The summed E-state index contributed by atoms with van der Waals surface area (Å²) >= 11 is 6.02. The minimum Gasteiger partial charge on any atom is -0.443 e. The molecule has 0 unspecified atom stereocenters. The highest BCUT2D eigenvalue weighted by molar-refractivity contribution is 6.28. The number of alkyl halides is 1. The summed E-state index contributed by atoms with van der Waals surface area (Å²) < 4.78 is 25.2. The second-order valence-electron chi connectivity index (χ2n) is 10.9. The fraction of sp³-hybridized carbons (Fsp3) is 0.696. The summed E-state index contributed by atoms with van der Waals surface area (Å²) in [5.74, 6) is 1.04. The Morgan fingerprint density at radius 1 is 1.15 bits per heavy atom. The van der Waals surface area contributed by atoms with Gasteiger partial charge in [0.15, 0.2) is 11.5 Å². The summed E-state index contributed by atoms with van der Waals surface area (Å²) in [6.07, 6.45) is 6.28. The van der Waals surface area contributed by atoms with Gasteiger partial charge in [0.2, 0.25) is 5.28 Å². The van der Waals surface area contributed by atoms with E-state index in [1.54, 1.807) is 11.0 Å². The van der Waals surface area contributed by atoms with Crippen molar-refractivity contribution in [1.82, 2.24) is 20.1 Å². The highest BCUT2D eigenvalue weighted by Gasteiger charge is 2.53. The van der Waals surface area contributed by atoms with Gasteiger partial charge in [0.25, 0.3) is 5.89 Å². The topological polar surface area (TPSA) is 94.2 Å². The quantitative estimate of drug-likeness (QED) is 0.503. The molecule has 0 aromatic carbocycles.